The highest BCUT2D eigenvalue weighted by molar-refractivity contribution is 5.96. The average molecular weight is 444 g/mol. The largest absolute Gasteiger partial charge is 0.435 e. The molecule has 168 valence electrons. The Morgan fingerprint density at radius 3 is 2.53 bits per heavy atom. The molecule has 1 aliphatic heterocycles. The number of alkyl halides is 3. The first-order valence-electron chi connectivity index (χ1n) is 10.2. The number of hydrogen-bond donors (Lipinski definition) is 3. The van der Waals surface area contributed by atoms with Crippen LogP contribution in [-0.4, -0.2) is 45.6 Å². The number of carbonyl (C=O) groups excluding carboxylic acids is 1. The second kappa shape index (κ2) is 8.31. The number of nitrogens with zero attached hydrogens (tertiary/aromatic N) is 2. The Kier molecular flexibility index (Phi) is 5.68. The van der Waals surface area contributed by atoms with Crippen LogP contribution in [0.4, 0.5) is 18.9 Å². The molecule has 4 rings (SSSR count). The summed E-state index contributed by atoms with van der Waals surface area (Å²) in [6.07, 6.45) is -4.70. The molecule has 1 fully saturated rings. The predicted molar refractivity (Wildman–Crippen MR) is 114 cm³/mol. The fourth-order valence-electron chi connectivity index (χ4n) is 3.88. The quantitative estimate of drug-likeness (QED) is 0.522. The van der Waals surface area contributed by atoms with Crippen LogP contribution in [0.5, 0.6) is 0 Å². The van der Waals surface area contributed by atoms with Crippen molar-refractivity contribution < 1.29 is 23.1 Å². The van der Waals surface area contributed by atoms with Gasteiger partial charge in [-0.3, -0.25) is 4.79 Å². The molecule has 2 aromatic carbocycles. The molecule has 9 heteroatoms. The summed E-state index contributed by atoms with van der Waals surface area (Å²) in [4.78, 5) is 20.9. The molecule has 1 saturated heterocycles. The van der Waals surface area contributed by atoms with Crippen molar-refractivity contribution in [3.8, 4) is 11.3 Å². The first-order valence-corrected chi connectivity index (χ1v) is 10.2. The number of hydrogen-bond acceptors (Lipinski definition) is 4. The molecule has 32 heavy (non-hydrogen) atoms. The number of amides is 1. The molecule has 0 radical (unpaired) electrons. The molecule has 0 unspecified atom stereocenters. The molecular weight excluding hydrogens is 421 g/mol. The van der Waals surface area contributed by atoms with Gasteiger partial charge in [-0.25, -0.2) is 4.98 Å². The number of aromatic nitrogens is 2. The van der Waals surface area contributed by atoms with Gasteiger partial charge in [-0.15, -0.1) is 0 Å². The minimum Gasteiger partial charge on any atom is -0.399 e. The predicted octanol–water partition coefficient (Wildman–Crippen LogP) is 3.76. The van der Waals surface area contributed by atoms with E-state index in [4.69, 9.17) is 10.8 Å². The smallest absolute Gasteiger partial charge is 0.399 e. The van der Waals surface area contributed by atoms with Crippen LogP contribution in [0.3, 0.4) is 0 Å². The second-order valence-electron chi connectivity index (χ2n) is 7.98. The van der Waals surface area contributed by atoms with Crippen molar-refractivity contribution >= 4 is 11.6 Å². The van der Waals surface area contributed by atoms with Crippen LogP contribution in [0, 0.1) is 6.92 Å². The maximum absolute atomic E-state index is 13.6. The number of aryl methyl sites for hydroxylation is 1. The van der Waals surface area contributed by atoms with Gasteiger partial charge in [-0.05, 0) is 42.3 Å². The average Bonchev–Trinajstić information content (AvgIpc) is 3.13. The third-order valence-electron chi connectivity index (χ3n) is 5.70. The molecule has 0 saturated carbocycles. The minimum absolute atomic E-state index is 0.0267. The van der Waals surface area contributed by atoms with Gasteiger partial charge < -0.3 is 20.7 Å². The number of aromatic amines is 1. The van der Waals surface area contributed by atoms with Crippen molar-refractivity contribution in [2.24, 2.45) is 0 Å². The fourth-order valence-corrected chi connectivity index (χ4v) is 3.88. The van der Waals surface area contributed by atoms with Crippen molar-refractivity contribution in [3.63, 3.8) is 0 Å². The summed E-state index contributed by atoms with van der Waals surface area (Å²) in [6.45, 7) is 2.41. The van der Waals surface area contributed by atoms with Gasteiger partial charge in [0.1, 0.15) is 5.82 Å². The molecule has 4 N–H and O–H groups in total. The lowest BCUT2D eigenvalue weighted by molar-refractivity contribution is -0.140. The lowest BCUT2D eigenvalue weighted by Crippen LogP contribution is -2.48. The van der Waals surface area contributed by atoms with E-state index in [1.54, 1.807) is 24.0 Å². The Labute approximate surface area is 182 Å². The number of nitrogens with one attached hydrogen (secondary N) is 1. The van der Waals surface area contributed by atoms with E-state index in [1.165, 1.54) is 6.07 Å². The number of nitrogen functional groups attached to an aromatic ring is 1. The molecule has 0 bridgehead atoms. The van der Waals surface area contributed by atoms with Gasteiger partial charge in [0.05, 0.1) is 12.3 Å². The van der Waals surface area contributed by atoms with Crippen LogP contribution in [0.25, 0.3) is 11.3 Å². The zero-order valence-electron chi connectivity index (χ0n) is 17.4. The van der Waals surface area contributed by atoms with E-state index < -0.39 is 11.9 Å². The zero-order chi connectivity index (χ0) is 23.0. The number of carbonyl (C=O) groups is 1. The Bertz CT molecular complexity index is 1130. The van der Waals surface area contributed by atoms with E-state index in [2.05, 4.69) is 9.97 Å². The Morgan fingerprint density at radius 1 is 1.22 bits per heavy atom. The van der Waals surface area contributed by atoms with E-state index >= 15 is 0 Å². The number of aliphatic hydroxyl groups is 1. The van der Waals surface area contributed by atoms with Gasteiger partial charge in [0, 0.05) is 42.2 Å². The van der Waals surface area contributed by atoms with E-state index in [0.29, 0.717) is 29.9 Å². The molecule has 0 atom stereocenters. The Hall–Kier alpha value is -3.33. The van der Waals surface area contributed by atoms with Crippen LogP contribution in [0.1, 0.15) is 38.9 Å². The fraction of sp³-hybridized carbons (Fsp3) is 0.304. The first kappa shape index (κ1) is 21.9. The van der Waals surface area contributed by atoms with Gasteiger partial charge in [-0.2, -0.15) is 13.2 Å². The van der Waals surface area contributed by atoms with Gasteiger partial charge in [0.2, 0.25) is 0 Å². The number of imidazole rings is 1. The highest BCUT2D eigenvalue weighted by Crippen LogP contribution is 2.37. The zero-order valence-corrected chi connectivity index (χ0v) is 17.4. The van der Waals surface area contributed by atoms with Gasteiger partial charge in [0.25, 0.3) is 5.91 Å². The molecule has 1 amide bonds. The van der Waals surface area contributed by atoms with Crippen molar-refractivity contribution in [1.29, 1.82) is 0 Å². The molecule has 6 nitrogen and oxygen atoms in total. The van der Waals surface area contributed by atoms with Crippen LogP contribution >= 0.6 is 0 Å². The lowest BCUT2D eigenvalue weighted by Gasteiger charge is -2.39. The SMILES string of the molecule is Cc1ccc(C(=O)N2CC(c3ccc(N)cc3)C2)cc1-c1[nH]c(CCO)nc1C(F)(F)F. The molecule has 3 aromatic rings. The maximum atomic E-state index is 13.6. The van der Waals surface area contributed by atoms with Gasteiger partial charge >= 0.3 is 6.18 Å². The first-order chi connectivity index (χ1) is 15.2. The van der Waals surface area contributed by atoms with Crippen molar-refractivity contribution in [2.75, 3.05) is 25.4 Å². The summed E-state index contributed by atoms with van der Waals surface area (Å²) >= 11 is 0. The summed E-state index contributed by atoms with van der Waals surface area (Å²) in [5.41, 5.74) is 7.38. The number of aliphatic hydroxyl groups excluding tert-OH is 1. The van der Waals surface area contributed by atoms with Crippen LogP contribution in [0.15, 0.2) is 42.5 Å². The van der Waals surface area contributed by atoms with E-state index in [-0.39, 0.29) is 41.9 Å². The monoisotopic (exact) mass is 444 g/mol. The standard InChI is InChI=1S/C23H23F3N4O2/c1-13-2-3-15(22(32)30-11-16(12-30)14-4-6-17(27)7-5-14)10-18(13)20-21(23(24,25)26)29-19(28-20)8-9-31/h2-7,10,16,31H,8-9,11-12,27H2,1H3,(H,28,29). The number of likely N-dealkylation sites (tertiary alicyclic amines) is 1. The number of benzene rings is 2. The maximum Gasteiger partial charge on any atom is 0.435 e. The molecule has 1 aromatic heterocycles. The summed E-state index contributed by atoms with van der Waals surface area (Å²) in [6, 6.07) is 12.2. The van der Waals surface area contributed by atoms with E-state index in [0.717, 1.165) is 5.56 Å². The summed E-state index contributed by atoms with van der Waals surface area (Å²) in [7, 11) is 0. The van der Waals surface area contributed by atoms with Gasteiger partial charge in [0.15, 0.2) is 5.69 Å². The highest BCUT2D eigenvalue weighted by Gasteiger charge is 2.38. The Morgan fingerprint density at radius 2 is 1.91 bits per heavy atom. The highest BCUT2D eigenvalue weighted by atomic mass is 19.4. The minimum atomic E-state index is -4.67. The van der Waals surface area contributed by atoms with E-state index in [9.17, 15) is 18.0 Å². The molecular formula is C23H23F3N4O2. The molecule has 0 spiro atoms. The van der Waals surface area contributed by atoms with Crippen LogP contribution < -0.4 is 5.73 Å². The molecule has 1 aliphatic rings. The second-order valence-corrected chi connectivity index (χ2v) is 7.98. The van der Waals surface area contributed by atoms with Crippen LogP contribution in [-0.2, 0) is 12.6 Å². The number of rotatable bonds is 5. The number of nitrogens with two attached hydrogens (primary N) is 1. The van der Waals surface area contributed by atoms with Crippen molar-refractivity contribution in [2.45, 2.75) is 25.4 Å². The van der Waals surface area contributed by atoms with Crippen molar-refractivity contribution in [1.82, 2.24) is 14.9 Å². The third kappa shape index (κ3) is 4.20. The number of H-pyrrole nitrogens is 1. The normalized spacial score (nSPS) is 14.5. The van der Waals surface area contributed by atoms with E-state index in [1.807, 2.05) is 24.3 Å². The third-order valence-corrected chi connectivity index (χ3v) is 5.70. The number of halogens is 3. The number of anilines is 1. The molecule has 0 aliphatic carbocycles. The Balaban J connectivity index is 1.59. The van der Waals surface area contributed by atoms with Gasteiger partial charge in [-0.1, -0.05) is 18.2 Å². The lowest BCUT2D eigenvalue weighted by atomic mass is 9.90. The van der Waals surface area contributed by atoms with Crippen molar-refractivity contribution in [3.05, 3.63) is 70.7 Å². The summed E-state index contributed by atoms with van der Waals surface area (Å²) in [5.74, 6) is 0.0107. The topological polar surface area (TPSA) is 95.2 Å². The summed E-state index contributed by atoms with van der Waals surface area (Å²) < 4.78 is 40.7. The molecule has 2 heterocycles. The summed E-state index contributed by atoms with van der Waals surface area (Å²) in [5, 5.41) is 9.08. The van der Waals surface area contributed by atoms with Crippen LogP contribution in [0.2, 0.25) is 0 Å².